The number of hydrogen-bond donors (Lipinski definition) is 0. The first-order valence-electron chi connectivity index (χ1n) is 9.15. The van der Waals surface area contributed by atoms with E-state index in [0.29, 0.717) is 46.0 Å². The molecule has 4 nitrogen and oxygen atoms in total. The number of carbonyl (C=O) groups excluding carboxylic acids is 2. The van der Waals surface area contributed by atoms with Gasteiger partial charge in [0.25, 0.3) is 0 Å². The summed E-state index contributed by atoms with van der Waals surface area (Å²) in [5, 5.41) is 0.879. The van der Waals surface area contributed by atoms with Crippen molar-refractivity contribution in [1.29, 1.82) is 0 Å². The van der Waals surface area contributed by atoms with E-state index in [4.69, 9.17) is 32.7 Å². The minimum absolute atomic E-state index is 0.0280. The van der Waals surface area contributed by atoms with Crippen molar-refractivity contribution in [3.05, 3.63) is 76.0 Å². The summed E-state index contributed by atoms with van der Waals surface area (Å²) >= 11 is 12.3. The minimum atomic E-state index is -0.455. The van der Waals surface area contributed by atoms with Crippen LogP contribution in [-0.2, 0) is 14.3 Å². The predicted octanol–water partition coefficient (Wildman–Crippen LogP) is 5.33. The normalized spacial score (nSPS) is 24.0. The van der Waals surface area contributed by atoms with Gasteiger partial charge in [-0.25, -0.2) is 4.79 Å². The predicted molar refractivity (Wildman–Crippen MR) is 107 cm³/mol. The molecular formula is C22H18Cl2O4. The number of carbonyl (C=O) groups is 2. The third kappa shape index (κ3) is 3.67. The van der Waals surface area contributed by atoms with E-state index in [1.165, 1.54) is 6.26 Å². The van der Waals surface area contributed by atoms with Crippen LogP contribution in [0.15, 0.2) is 54.8 Å². The highest BCUT2D eigenvalue weighted by Gasteiger charge is 2.41. The fourth-order valence-corrected chi connectivity index (χ4v) is 4.23. The van der Waals surface area contributed by atoms with Gasteiger partial charge in [-0.3, -0.25) is 4.79 Å². The summed E-state index contributed by atoms with van der Waals surface area (Å²) < 4.78 is 11.5. The lowest BCUT2D eigenvalue weighted by Crippen LogP contribution is -2.42. The van der Waals surface area contributed by atoms with Crippen molar-refractivity contribution in [2.24, 2.45) is 5.92 Å². The molecule has 1 aliphatic carbocycles. The van der Waals surface area contributed by atoms with Crippen LogP contribution in [0.2, 0.25) is 10.0 Å². The Hall–Kier alpha value is -2.30. The molecule has 1 saturated carbocycles. The number of halogens is 2. The molecular weight excluding hydrogens is 399 g/mol. The lowest BCUT2D eigenvalue weighted by atomic mass is 9.78. The van der Waals surface area contributed by atoms with Crippen molar-refractivity contribution in [1.82, 2.24) is 0 Å². The van der Waals surface area contributed by atoms with Gasteiger partial charge in [0, 0.05) is 17.0 Å². The summed E-state index contributed by atoms with van der Waals surface area (Å²) in [6.07, 6.45) is 2.53. The molecule has 2 aromatic rings. The SMILES string of the molecule is O=C(OC1CCC2C(=O)C(c3ccccc3Cl)=COC2C1)c1ccccc1Cl. The number of ketones is 1. The summed E-state index contributed by atoms with van der Waals surface area (Å²) in [4.78, 5) is 25.4. The van der Waals surface area contributed by atoms with Gasteiger partial charge in [-0.15, -0.1) is 0 Å². The van der Waals surface area contributed by atoms with E-state index in [9.17, 15) is 9.59 Å². The second-order valence-electron chi connectivity index (χ2n) is 6.98. The zero-order valence-electron chi connectivity index (χ0n) is 14.9. The number of fused-ring (bicyclic) bond motifs is 1. The second-order valence-corrected chi connectivity index (χ2v) is 7.79. The average Bonchev–Trinajstić information content (AvgIpc) is 2.69. The number of allylic oxidation sites excluding steroid dienone is 1. The van der Waals surface area contributed by atoms with Crippen LogP contribution in [0.1, 0.15) is 35.2 Å². The number of rotatable bonds is 3. The number of ether oxygens (including phenoxy) is 2. The van der Waals surface area contributed by atoms with Crippen LogP contribution < -0.4 is 0 Å². The highest BCUT2D eigenvalue weighted by molar-refractivity contribution is 6.35. The Kier molecular flexibility index (Phi) is 5.42. The summed E-state index contributed by atoms with van der Waals surface area (Å²) in [6, 6.07) is 14.0. The molecule has 2 aliphatic rings. The third-order valence-electron chi connectivity index (χ3n) is 5.24. The molecule has 0 bridgehead atoms. The van der Waals surface area contributed by atoms with E-state index in [1.54, 1.807) is 30.3 Å². The van der Waals surface area contributed by atoms with Gasteiger partial charge in [0.2, 0.25) is 0 Å². The van der Waals surface area contributed by atoms with Gasteiger partial charge in [-0.05, 0) is 31.0 Å². The summed E-state index contributed by atoms with van der Waals surface area (Å²) in [5.74, 6) is -0.685. The fraction of sp³-hybridized carbons (Fsp3) is 0.273. The molecule has 1 heterocycles. The summed E-state index contributed by atoms with van der Waals surface area (Å²) in [7, 11) is 0. The minimum Gasteiger partial charge on any atom is -0.496 e. The first kappa shape index (κ1) is 19.0. The van der Waals surface area contributed by atoms with Gasteiger partial charge in [0.15, 0.2) is 5.78 Å². The van der Waals surface area contributed by atoms with E-state index in [1.807, 2.05) is 18.2 Å². The quantitative estimate of drug-likeness (QED) is 0.634. The Labute approximate surface area is 173 Å². The first-order chi connectivity index (χ1) is 13.5. The fourth-order valence-electron chi connectivity index (χ4n) is 3.78. The number of hydrogen-bond acceptors (Lipinski definition) is 4. The van der Waals surface area contributed by atoms with Crippen LogP contribution in [-0.4, -0.2) is 24.0 Å². The van der Waals surface area contributed by atoms with Crippen molar-refractivity contribution in [2.45, 2.75) is 31.5 Å². The first-order valence-corrected chi connectivity index (χ1v) is 9.90. The molecule has 1 aliphatic heterocycles. The van der Waals surface area contributed by atoms with Gasteiger partial charge in [0.1, 0.15) is 12.2 Å². The molecule has 1 fully saturated rings. The van der Waals surface area contributed by atoms with Gasteiger partial charge in [-0.1, -0.05) is 53.5 Å². The van der Waals surface area contributed by atoms with E-state index in [0.717, 1.165) is 0 Å². The Bertz CT molecular complexity index is 953. The van der Waals surface area contributed by atoms with Crippen molar-refractivity contribution < 1.29 is 19.1 Å². The largest absolute Gasteiger partial charge is 0.496 e. The van der Waals surface area contributed by atoms with Gasteiger partial charge >= 0.3 is 5.97 Å². The van der Waals surface area contributed by atoms with Crippen molar-refractivity contribution in [3.8, 4) is 0 Å². The molecule has 0 N–H and O–H groups in total. The second kappa shape index (κ2) is 7.98. The molecule has 0 radical (unpaired) electrons. The smallest absolute Gasteiger partial charge is 0.339 e. The third-order valence-corrected chi connectivity index (χ3v) is 5.90. The Balaban J connectivity index is 1.46. The number of esters is 1. The van der Waals surface area contributed by atoms with Crippen molar-refractivity contribution >= 4 is 40.5 Å². The summed E-state index contributed by atoms with van der Waals surface area (Å²) in [6.45, 7) is 0. The highest BCUT2D eigenvalue weighted by Crippen LogP contribution is 2.38. The molecule has 0 spiro atoms. The number of Topliss-reactive ketones (excluding diaryl/α,β-unsaturated/α-hetero) is 1. The van der Waals surface area contributed by atoms with Gasteiger partial charge in [0.05, 0.1) is 28.3 Å². The lowest BCUT2D eigenvalue weighted by molar-refractivity contribution is -0.126. The maximum atomic E-state index is 13.0. The Morgan fingerprint density at radius 3 is 2.46 bits per heavy atom. The van der Waals surface area contributed by atoms with Crippen LogP contribution in [0, 0.1) is 5.92 Å². The van der Waals surface area contributed by atoms with Gasteiger partial charge in [-0.2, -0.15) is 0 Å². The topological polar surface area (TPSA) is 52.6 Å². The molecule has 4 rings (SSSR count). The standard InChI is InChI=1S/C22H18Cl2O4/c23-18-7-3-1-5-14(18)17-12-27-20-11-13(9-10-16(20)21(17)25)28-22(26)15-6-2-4-8-19(15)24/h1-8,12-13,16,20H,9-11H2. The maximum Gasteiger partial charge on any atom is 0.339 e. The molecule has 0 amide bonds. The monoisotopic (exact) mass is 416 g/mol. The van der Waals surface area contributed by atoms with Crippen molar-refractivity contribution in [3.63, 3.8) is 0 Å². The summed E-state index contributed by atoms with van der Waals surface area (Å²) in [5.41, 5.74) is 1.52. The van der Waals surface area contributed by atoms with E-state index in [2.05, 4.69) is 0 Å². The molecule has 3 atom stereocenters. The Morgan fingerprint density at radius 2 is 1.71 bits per heavy atom. The van der Waals surface area contributed by atoms with Crippen LogP contribution in [0.5, 0.6) is 0 Å². The van der Waals surface area contributed by atoms with Crippen LogP contribution in [0.25, 0.3) is 5.57 Å². The van der Waals surface area contributed by atoms with E-state index in [-0.39, 0.29) is 23.9 Å². The molecule has 3 unspecified atom stereocenters. The molecule has 0 saturated heterocycles. The van der Waals surface area contributed by atoms with Crippen LogP contribution in [0.3, 0.4) is 0 Å². The molecule has 144 valence electrons. The molecule has 2 aromatic carbocycles. The average molecular weight is 417 g/mol. The lowest BCUT2D eigenvalue weighted by Gasteiger charge is -2.37. The molecule has 6 heteroatoms. The zero-order valence-corrected chi connectivity index (χ0v) is 16.5. The molecule has 0 aromatic heterocycles. The van der Waals surface area contributed by atoms with E-state index >= 15 is 0 Å². The Morgan fingerprint density at radius 1 is 1.00 bits per heavy atom. The maximum absolute atomic E-state index is 13.0. The van der Waals surface area contributed by atoms with Crippen molar-refractivity contribution in [2.75, 3.05) is 0 Å². The van der Waals surface area contributed by atoms with E-state index < -0.39 is 5.97 Å². The van der Waals surface area contributed by atoms with Crippen LogP contribution in [0.4, 0.5) is 0 Å². The number of benzene rings is 2. The van der Waals surface area contributed by atoms with Gasteiger partial charge < -0.3 is 9.47 Å². The van der Waals surface area contributed by atoms with Crippen LogP contribution >= 0.6 is 23.2 Å². The zero-order chi connectivity index (χ0) is 19.7. The highest BCUT2D eigenvalue weighted by atomic mass is 35.5. The molecule has 28 heavy (non-hydrogen) atoms.